The van der Waals surface area contributed by atoms with E-state index < -0.39 is 28.0 Å². The maximum Gasteiger partial charge on any atom is 0.324 e. The van der Waals surface area contributed by atoms with Crippen molar-refractivity contribution in [1.29, 1.82) is 0 Å². The Morgan fingerprint density at radius 3 is 2.60 bits per heavy atom. The van der Waals surface area contributed by atoms with Crippen molar-refractivity contribution in [3.8, 4) is 0 Å². The summed E-state index contributed by atoms with van der Waals surface area (Å²) in [6.07, 6.45) is 1.72. The van der Waals surface area contributed by atoms with Crippen LogP contribution < -0.4 is 0 Å². The average molecular weight is 307 g/mol. The highest BCUT2D eigenvalue weighted by Crippen LogP contribution is 2.22. The minimum Gasteiger partial charge on any atom is -0.468 e. The fourth-order valence-electron chi connectivity index (χ4n) is 2.17. The topological polar surface area (TPSA) is 90.0 Å². The van der Waals surface area contributed by atoms with E-state index in [4.69, 9.17) is 4.74 Å². The van der Waals surface area contributed by atoms with Gasteiger partial charge in [0.2, 0.25) is 10.0 Å². The summed E-state index contributed by atoms with van der Waals surface area (Å²) in [5.74, 6) is -1.45. The van der Waals surface area contributed by atoms with Gasteiger partial charge >= 0.3 is 11.9 Å². The highest BCUT2D eigenvalue weighted by Gasteiger charge is 2.37. The first-order valence-corrected chi connectivity index (χ1v) is 8.26. The predicted molar refractivity (Wildman–Crippen MR) is 71.4 cm³/mol. The molecule has 0 saturated carbocycles. The van der Waals surface area contributed by atoms with E-state index in [0.29, 0.717) is 12.8 Å². The molecule has 0 aromatic heterocycles. The van der Waals surface area contributed by atoms with E-state index in [2.05, 4.69) is 4.74 Å². The highest BCUT2D eigenvalue weighted by atomic mass is 32.2. The molecule has 0 aromatic carbocycles. The number of carbonyl (C=O) groups excluding carboxylic acids is 2. The summed E-state index contributed by atoms with van der Waals surface area (Å²) in [5.41, 5.74) is 0. The first kappa shape index (κ1) is 16.9. The number of rotatable bonds is 6. The van der Waals surface area contributed by atoms with Gasteiger partial charge in [-0.2, -0.15) is 4.31 Å². The molecule has 8 heteroatoms. The second-order valence-electron chi connectivity index (χ2n) is 4.52. The van der Waals surface area contributed by atoms with Crippen molar-refractivity contribution in [2.45, 2.75) is 38.6 Å². The third-order valence-corrected chi connectivity index (χ3v) is 5.03. The van der Waals surface area contributed by atoms with Gasteiger partial charge in [-0.3, -0.25) is 9.59 Å². The zero-order chi connectivity index (χ0) is 15.2. The number of ether oxygens (including phenoxy) is 2. The Hall–Kier alpha value is -1.15. The van der Waals surface area contributed by atoms with Crippen molar-refractivity contribution in [1.82, 2.24) is 4.31 Å². The minimum atomic E-state index is -3.67. The highest BCUT2D eigenvalue weighted by molar-refractivity contribution is 7.89. The Balaban J connectivity index is 2.72. The maximum absolute atomic E-state index is 12.2. The molecule has 1 fully saturated rings. The van der Waals surface area contributed by atoms with Gasteiger partial charge in [0.05, 0.1) is 25.9 Å². The van der Waals surface area contributed by atoms with Crippen LogP contribution >= 0.6 is 0 Å². The standard InChI is InChI=1S/C12H21NO6S/c1-3-19-11(14)7-9-20(16,17)13-8-5-4-6-10(13)12(15)18-2/h10H,3-9H2,1-2H3. The lowest BCUT2D eigenvalue weighted by Gasteiger charge is -2.32. The van der Waals surface area contributed by atoms with Crippen LogP contribution in [0.1, 0.15) is 32.6 Å². The molecule has 1 atom stereocenters. The van der Waals surface area contributed by atoms with Gasteiger partial charge in [-0.25, -0.2) is 8.42 Å². The summed E-state index contributed by atoms with van der Waals surface area (Å²) in [6, 6.07) is -0.777. The van der Waals surface area contributed by atoms with Gasteiger partial charge in [-0.05, 0) is 26.2 Å². The van der Waals surface area contributed by atoms with E-state index >= 15 is 0 Å². The van der Waals surface area contributed by atoms with Crippen molar-refractivity contribution in [3.05, 3.63) is 0 Å². The predicted octanol–water partition coefficient (Wildman–Crippen LogP) is 0.297. The molecule has 1 aliphatic heterocycles. The number of nitrogens with zero attached hydrogens (tertiary/aromatic N) is 1. The SMILES string of the molecule is CCOC(=O)CCS(=O)(=O)N1CCCCC1C(=O)OC. The third kappa shape index (κ3) is 4.45. The molecule has 1 rings (SSSR count). The fraction of sp³-hybridized carbons (Fsp3) is 0.833. The fourth-order valence-corrected chi connectivity index (χ4v) is 3.82. The Morgan fingerprint density at radius 1 is 1.30 bits per heavy atom. The smallest absolute Gasteiger partial charge is 0.324 e. The average Bonchev–Trinajstić information content (AvgIpc) is 2.45. The number of hydrogen-bond donors (Lipinski definition) is 0. The summed E-state index contributed by atoms with van der Waals surface area (Å²) < 4.78 is 35.0. The number of methoxy groups -OCH3 is 1. The molecule has 1 heterocycles. The monoisotopic (exact) mass is 307 g/mol. The lowest BCUT2D eigenvalue weighted by Crippen LogP contribution is -2.49. The van der Waals surface area contributed by atoms with E-state index in [1.165, 1.54) is 7.11 Å². The van der Waals surface area contributed by atoms with E-state index in [9.17, 15) is 18.0 Å². The van der Waals surface area contributed by atoms with Crippen molar-refractivity contribution < 1.29 is 27.5 Å². The molecule has 1 saturated heterocycles. The number of sulfonamides is 1. The third-order valence-electron chi connectivity index (χ3n) is 3.15. The molecule has 7 nitrogen and oxygen atoms in total. The van der Waals surface area contributed by atoms with E-state index in [0.717, 1.165) is 10.7 Å². The lowest BCUT2D eigenvalue weighted by molar-refractivity contribution is -0.146. The zero-order valence-electron chi connectivity index (χ0n) is 11.8. The first-order valence-electron chi connectivity index (χ1n) is 6.65. The normalized spacial score (nSPS) is 20.4. The van der Waals surface area contributed by atoms with Crippen molar-refractivity contribution in [2.24, 2.45) is 0 Å². The molecule has 0 amide bonds. The molecule has 20 heavy (non-hydrogen) atoms. The van der Waals surface area contributed by atoms with Gasteiger partial charge in [0.25, 0.3) is 0 Å². The molecule has 0 radical (unpaired) electrons. The summed E-state index contributed by atoms with van der Waals surface area (Å²) in [4.78, 5) is 22.9. The molecule has 0 spiro atoms. The van der Waals surface area contributed by atoms with Crippen LogP contribution in [0.5, 0.6) is 0 Å². The van der Waals surface area contributed by atoms with Crippen LogP contribution in [-0.4, -0.2) is 56.7 Å². The summed E-state index contributed by atoms with van der Waals surface area (Å²) >= 11 is 0. The van der Waals surface area contributed by atoms with Crippen LogP contribution in [0.25, 0.3) is 0 Å². The lowest BCUT2D eigenvalue weighted by atomic mass is 10.1. The first-order chi connectivity index (χ1) is 9.42. The Kier molecular flexibility index (Phi) is 6.41. The number of carbonyl (C=O) groups is 2. The van der Waals surface area contributed by atoms with Crippen LogP contribution in [0, 0.1) is 0 Å². The van der Waals surface area contributed by atoms with Crippen LogP contribution in [-0.2, 0) is 29.1 Å². The molecular formula is C12H21NO6S. The summed E-state index contributed by atoms with van der Waals surface area (Å²) in [5, 5.41) is 0. The zero-order valence-corrected chi connectivity index (χ0v) is 12.6. The van der Waals surface area contributed by atoms with E-state index in [-0.39, 0.29) is 25.3 Å². The Morgan fingerprint density at radius 2 is 2.00 bits per heavy atom. The molecule has 0 N–H and O–H groups in total. The molecule has 1 aliphatic rings. The molecule has 1 unspecified atom stereocenters. The Bertz CT molecular complexity index is 447. The maximum atomic E-state index is 12.2. The van der Waals surface area contributed by atoms with Crippen molar-refractivity contribution >= 4 is 22.0 Å². The van der Waals surface area contributed by atoms with Crippen LogP contribution in [0.4, 0.5) is 0 Å². The largest absolute Gasteiger partial charge is 0.468 e. The summed E-state index contributed by atoms with van der Waals surface area (Å²) in [7, 11) is -2.43. The molecule has 0 aliphatic carbocycles. The molecular weight excluding hydrogens is 286 g/mol. The summed E-state index contributed by atoms with van der Waals surface area (Å²) in [6.45, 7) is 2.16. The quantitative estimate of drug-likeness (QED) is 0.655. The van der Waals surface area contributed by atoms with Crippen LogP contribution in [0.2, 0.25) is 0 Å². The van der Waals surface area contributed by atoms with Crippen LogP contribution in [0.15, 0.2) is 0 Å². The van der Waals surface area contributed by atoms with Gasteiger partial charge in [0.15, 0.2) is 0 Å². The van der Waals surface area contributed by atoms with Gasteiger partial charge < -0.3 is 9.47 Å². The van der Waals surface area contributed by atoms with E-state index in [1.54, 1.807) is 6.92 Å². The number of piperidine rings is 1. The minimum absolute atomic E-state index is 0.208. The van der Waals surface area contributed by atoms with E-state index in [1.807, 2.05) is 0 Å². The van der Waals surface area contributed by atoms with Gasteiger partial charge in [0, 0.05) is 6.54 Å². The van der Waals surface area contributed by atoms with Crippen molar-refractivity contribution in [2.75, 3.05) is 26.0 Å². The molecule has 0 aromatic rings. The van der Waals surface area contributed by atoms with Crippen LogP contribution in [0.3, 0.4) is 0 Å². The molecule has 116 valence electrons. The second-order valence-corrected chi connectivity index (χ2v) is 6.56. The second kappa shape index (κ2) is 7.58. The van der Waals surface area contributed by atoms with Gasteiger partial charge in [-0.1, -0.05) is 0 Å². The van der Waals surface area contributed by atoms with Crippen molar-refractivity contribution in [3.63, 3.8) is 0 Å². The number of hydrogen-bond acceptors (Lipinski definition) is 6. The number of esters is 2. The van der Waals surface area contributed by atoms with Gasteiger partial charge in [0.1, 0.15) is 6.04 Å². The van der Waals surface area contributed by atoms with Gasteiger partial charge in [-0.15, -0.1) is 0 Å². The Labute approximate surface area is 119 Å². The molecule has 0 bridgehead atoms.